The lowest BCUT2D eigenvalue weighted by molar-refractivity contribution is -0.129. The Balaban J connectivity index is 1.84. The van der Waals surface area contributed by atoms with Gasteiger partial charge in [-0.2, -0.15) is 0 Å². The molecule has 1 amide bonds. The van der Waals surface area contributed by atoms with Crippen molar-refractivity contribution in [2.45, 2.75) is 6.42 Å². The van der Waals surface area contributed by atoms with Crippen LogP contribution in [0.25, 0.3) is 6.08 Å². The van der Waals surface area contributed by atoms with Crippen molar-refractivity contribution in [1.82, 2.24) is 4.90 Å². The third-order valence-electron chi connectivity index (χ3n) is 3.17. The topological polar surface area (TPSA) is 38.8 Å². The highest BCUT2D eigenvalue weighted by atomic mass is 19.1. The molecular formula is C16H20FNO3. The Hall–Kier alpha value is -1.88. The SMILES string of the molecule is O=C(/C=C/c1ccc(OCCCF)cc1)N1CCOCC1. The van der Waals surface area contributed by atoms with E-state index in [9.17, 15) is 9.18 Å². The highest BCUT2D eigenvalue weighted by Crippen LogP contribution is 2.13. The molecule has 0 spiro atoms. The van der Waals surface area contributed by atoms with Gasteiger partial charge in [0.1, 0.15) is 5.75 Å². The second kappa shape index (κ2) is 8.42. The van der Waals surface area contributed by atoms with E-state index >= 15 is 0 Å². The van der Waals surface area contributed by atoms with Crippen LogP contribution < -0.4 is 4.74 Å². The predicted octanol–water partition coefficient (Wildman–Crippen LogP) is 2.30. The van der Waals surface area contributed by atoms with Crippen LogP contribution in [0.3, 0.4) is 0 Å². The fourth-order valence-corrected chi connectivity index (χ4v) is 1.98. The quantitative estimate of drug-likeness (QED) is 0.597. The van der Waals surface area contributed by atoms with Crippen LogP contribution in [-0.2, 0) is 9.53 Å². The van der Waals surface area contributed by atoms with Crippen molar-refractivity contribution in [3.8, 4) is 5.75 Å². The molecule has 1 aliphatic rings. The fourth-order valence-electron chi connectivity index (χ4n) is 1.98. The van der Waals surface area contributed by atoms with E-state index in [2.05, 4.69) is 0 Å². The Morgan fingerprint density at radius 1 is 1.29 bits per heavy atom. The minimum Gasteiger partial charge on any atom is -0.493 e. The van der Waals surface area contributed by atoms with Gasteiger partial charge in [-0.15, -0.1) is 0 Å². The first-order valence-corrected chi connectivity index (χ1v) is 7.13. The Bertz CT molecular complexity index is 467. The van der Waals surface area contributed by atoms with E-state index in [1.165, 1.54) is 0 Å². The van der Waals surface area contributed by atoms with E-state index in [0.29, 0.717) is 45.1 Å². The Morgan fingerprint density at radius 3 is 2.67 bits per heavy atom. The summed E-state index contributed by atoms with van der Waals surface area (Å²) in [6.45, 7) is 2.50. The minimum absolute atomic E-state index is 0.00146. The van der Waals surface area contributed by atoms with Crippen molar-refractivity contribution in [3.63, 3.8) is 0 Å². The largest absolute Gasteiger partial charge is 0.493 e. The zero-order chi connectivity index (χ0) is 14.9. The summed E-state index contributed by atoms with van der Waals surface area (Å²) in [6, 6.07) is 7.37. The molecular weight excluding hydrogens is 273 g/mol. The molecule has 114 valence electrons. The van der Waals surface area contributed by atoms with Gasteiger partial charge >= 0.3 is 0 Å². The van der Waals surface area contributed by atoms with Gasteiger partial charge in [0.05, 0.1) is 26.5 Å². The molecule has 2 rings (SSSR count). The fraction of sp³-hybridized carbons (Fsp3) is 0.438. The van der Waals surface area contributed by atoms with Gasteiger partial charge in [0.25, 0.3) is 0 Å². The number of morpholine rings is 1. The first-order valence-electron chi connectivity index (χ1n) is 7.13. The highest BCUT2D eigenvalue weighted by Gasteiger charge is 2.13. The maximum Gasteiger partial charge on any atom is 0.246 e. The molecule has 0 unspecified atom stereocenters. The summed E-state index contributed by atoms with van der Waals surface area (Å²) in [5, 5.41) is 0. The second-order valence-electron chi connectivity index (χ2n) is 4.73. The zero-order valence-electron chi connectivity index (χ0n) is 12.0. The number of nitrogens with zero attached hydrogens (tertiary/aromatic N) is 1. The summed E-state index contributed by atoms with van der Waals surface area (Å²) in [6.07, 6.45) is 3.75. The molecule has 1 aliphatic heterocycles. The van der Waals surface area contributed by atoms with Crippen molar-refractivity contribution in [3.05, 3.63) is 35.9 Å². The van der Waals surface area contributed by atoms with Crippen LogP contribution in [0.4, 0.5) is 4.39 Å². The average Bonchev–Trinajstić information content (AvgIpc) is 2.55. The van der Waals surface area contributed by atoms with Crippen molar-refractivity contribution in [2.24, 2.45) is 0 Å². The number of carbonyl (C=O) groups excluding carboxylic acids is 1. The molecule has 0 N–H and O–H groups in total. The summed E-state index contributed by atoms with van der Waals surface area (Å²) < 4.78 is 22.5. The van der Waals surface area contributed by atoms with Gasteiger partial charge in [0, 0.05) is 25.6 Å². The number of ether oxygens (including phenoxy) is 2. The predicted molar refractivity (Wildman–Crippen MR) is 79.0 cm³/mol. The number of carbonyl (C=O) groups is 1. The van der Waals surface area contributed by atoms with Crippen molar-refractivity contribution in [2.75, 3.05) is 39.6 Å². The molecule has 0 saturated carbocycles. The Morgan fingerprint density at radius 2 is 2.00 bits per heavy atom. The lowest BCUT2D eigenvalue weighted by Crippen LogP contribution is -2.39. The molecule has 5 heteroatoms. The molecule has 21 heavy (non-hydrogen) atoms. The van der Waals surface area contributed by atoms with Crippen LogP contribution in [0, 0.1) is 0 Å². The number of alkyl halides is 1. The molecule has 0 aromatic heterocycles. The maximum atomic E-state index is 12.0. The summed E-state index contributed by atoms with van der Waals surface area (Å²) >= 11 is 0. The number of benzene rings is 1. The van der Waals surface area contributed by atoms with Crippen molar-refractivity contribution in [1.29, 1.82) is 0 Å². The van der Waals surface area contributed by atoms with E-state index < -0.39 is 0 Å². The average molecular weight is 293 g/mol. The molecule has 0 aliphatic carbocycles. The second-order valence-corrected chi connectivity index (χ2v) is 4.73. The molecule has 1 aromatic rings. The van der Waals surface area contributed by atoms with Gasteiger partial charge in [-0.05, 0) is 23.8 Å². The third-order valence-corrected chi connectivity index (χ3v) is 3.17. The molecule has 0 bridgehead atoms. The van der Waals surface area contributed by atoms with Crippen LogP contribution in [0.5, 0.6) is 5.75 Å². The molecule has 1 aromatic carbocycles. The zero-order valence-corrected chi connectivity index (χ0v) is 12.0. The molecule has 0 atom stereocenters. The minimum atomic E-state index is -0.371. The summed E-state index contributed by atoms with van der Waals surface area (Å²) in [5.41, 5.74) is 0.925. The number of halogens is 1. The Kier molecular flexibility index (Phi) is 6.22. The van der Waals surface area contributed by atoms with Gasteiger partial charge in [-0.3, -0.25) is 9.18 Å². The first kappa shape index (κ1) is 15.5. The van der Waals surface area contributed by atoms with E-state index in [4.69, 9.17) is 9.47 Å². The van der Waals surface area contributed by atoms with E-state index in [1.54, 1.807) is 17.1 Å². The highest BCUT2D eigenvalue weighted by molar-refractivity contribution is 5.91. The number of amides is 1. The first-order chi connectivity index (χ1) is 10.3. The summed E-state index contributed by atoms with van der Waals surface area (Å²) in [5.74, 6) is 0.710. The molecule has 0 radical (unpaired) electrons. The van der Waals surface area contributed by atoms with Crippen molar-refractivity contribution >= 4 is 12.0 Å². The summed E-state index contributed by atoms with van der Waals surface area (Å²) in [4.78, 5) is 13.7. The smallest absolute Gasteiger partial charge is 0.246 e. The van der Waals surface area contributed by atoms with Crippen LogP contribution in [-0.4, -0.2) is 50.4 Å². The number of rotatable bonds is 6. The van der Waals surface area contributed by atoms with Crippen LogP contribution in [0.2, 0.25) is 0 Å². The van der Waals surface area contributed by atoms with Gasteiger partial charge in [0.2, 0.25) is 5.91 Å². The van der Waals surface area contributed by atoms with Gasteiger partial charge < -0.3 is 14.4 Å². The van der Waals surface area contributed by atoms with Crippen LogP contribution in [0.1, 0.15) is 12.0 Å². The maximum absolute atomic E-state index is 12.0. The molecule has 4 nitrogen and oxygen atoms in total. The lowest BCUT2D eigenvalue weighted by Gasteiger charge is -2.25. The normalized spacial score (nSPS) is 15.4. The Labute approximate surface area is 124 Å². The van der Waals surface area contributed by atoms with E-state index in [1.807, 2.05) is 24.3 Å². The van der Waals surface area contributed by atoms with Gasteiger partial charge in [0.15, 0.2) is 0 Å². The third kappa shape index (κ3) is 5.19. The molecule has 1 saturated heterocycles. The van der Waals surface area contributed by atoms with Crippen molar-refractivity contribution < 1.29 is 18.7 Å². The molecule has 1 fully saturated rings. The standard InChI is InChI=1S/C16H20FNO3/c17-8-1-11-21-15-5-2-14(3-6-15)4-7-16(19)18-9-12-20-13-10-18/h2-7H,1,8-13H2/b7-4+. The summed E-state index contributed by atoms with van der Waals surface area (Å²) in [7, 11) is 0. The van der Waals surface area contributed by atoms with Gasteiger partial charge in [-0.25, -0.2) is 0 Å². The van der Waals surface area contributed by atoms with Crippen LogP contribution >= 0.6 is 0 Å². The van der Waals surface area contributed by atoms with E-state index in [-0.39, 0.29) is 12.6 Å². The van der Waals surface area contributed by atoms with E-state index in [0.717, 1.165) is 5.56 Å². The van der Waals surface area contributed by atoms with Gasteiger partial charge in [-0.1, -0.05) is 12.1 Å². The lowest BCUT2D eigenvalue weighted by atomic mass is 10.2. The monoisotopic (exact) mass is 293 g/mol. The number of hydrogen-bond acceptors (Lipinski definition) is 3. The number of hydrogen-bond donors (Lipinski definition) is 0. The molecule has 1 heterocycles. The van der Waals surface area contributed by atoms with Crippen LogP contribution in [0.15, 0.2) is 30.3 Å².